The normalized spacial score (nSPS) is 12.2. The van der Waals surface area contributed by atoms with E-state index in [1.54, 1.807) is 6.92 Å². The van der Waals surface area contributed by atoms with Gasteiger partial charge in [0.1, 0.15) is 0 Å². The Balaban J connectivity index is 2.63. The monoisotopic (exact) mass is 245 g/mol. The molecule has 1 atom stereocenters. The number of amides is 1. The van der Waals surface area contributed by atoms with E-state index < -0.39 is 17.8 Å². The number of carbonyl (C=O) groups excluding carboxylic acids is 1. The van der Waals surface area contributed by atoms with E-state index in [-0.39, 0.29) is 10.6 Å². The lowest BCUT2D eigenvalue weighted by Crippen LogP contribution is -2.27. The van der Waals surface area contributed by atoms with Crippen molar-refractivity contribution in [2.45, 2.75) is 19.4 Å². The van der Waals surface area contributed by atoms with Gasteiger partial charge in [-0.2, -0.15) is 0 Å². The summed E-state index contributed by atoms with van der Waals surface area (Å²) in [6.45, 7) is 1.91. The molecular formula is C11H13ClFNO2. The van der Waals surface area contributed by atoms with Crippen LogP contribution in [0.5, 0.6) is 0 Å². The quantitative estimate of drug-likeness (QED) is 0.852. The highest BCUT2D eigenvalue weighted by molar-refractivity contribution is 6.31. The highest BCUT2D eigenvalue weighted by atomic mass is 35.5. The summed E-state index contributed by atoms with van der Waals surface area (Å²) >= 11 is 5.55. The van der Waals surface area contributed by atoms with Gasteiger partial charge in [0.25, 0.3) is 5.91 Å². The van der Waals surface area contributed by atoms with Crippen LogP contribution in [0.4, 0.5) is 4.39 Å². The molecule has 0 spiro atoms. The third-order valence-electron chi connectivity index (χ3n) is 2.04. The van der Waals surface area contributed by atoms with E-state index in [2.05, 4.69) is 5.32 Å². The van der Waals surface area contributed by atoms with Crippen LogP contribution in [0.3, 0.4) is 0 Å². The predicted octanol–water partition coefficient (Wildman–Crippen LogP) is 1.98. The van der Waals surface area contributed by atoms with E-state index >= 15 is 0 Å². The van der Waals surface area contributed by atoms with Gasteiger partial charge in [0.05, 0.1) is 16.7 Å². The lowest BCUT2D eigenvalue weighted by atomic mass is 10.2. The van der Waals surface area contributed by atoms with Crippen LogP contribution in [0.1, 0.15) is 23.7 Å². The van der Waals surface area contributed by atoms with Crippen LogP contribution >= 0.6 is 11.6 Å². The second-order valence-electron chi connectivity index (χ2n) is 3.49. The van der Waals surface area contributed by atoms with Crippen molar-refractivity contribution in [3.8, 4) is 0 Å². The first kappa shape index (κ1) is 12.9. The summed E-state index contributed by atoms with van der Waals surface area (Å²) in [6, 6.07) is 4.25. The smallest absolute Gasteiger partial charge is 0.254 e. The molecule has 0 bridgehead atoms. The molecule has 0 fully saturated rings. The molecule has 1 aromatic rings. The first-order valence-electron chi connectivity index (χ1n) is 4.92. The number of nitrogens with one attached hydrogen (secondary N) is 1. The van der Waals surface area contributed by atoms with E-state index in [4.69, 9.17) is 16.7 Å². The van der Waals surface area contributed by atoms with Gasteiger partial charge in [-0.25, -0.2) is 4.39 Å². The molecule has 0 aromatic heterocycles. The number of aliphatic hydroxyl groups is 1. The van der Waals surface area contributed by atoms with Crippen LogP contribution in [-0.4, -0.2) is 23.7 Å². The van der Waals surface area contributed by atoms with E-state index in [1.165, 1.54) is 18.2 Å². The Morgan fingerprint density at radius 3 is 2.94 bits per heavy atom. The Kier molecular flexibility index (Phi) is 4.71. The third-order valence-corrected chi connectivity index (χ3v) is 2.34. The lowest BCUT2D eigenvalue weighted by molar-refractivity contribution is 0.0941. The molecule has 1 amide bonds. The molecule has 1 unspecified atom stereocenters. The summed E-state index contributed by atoms with van der Waals surface area (Å²) in [5, 5.41) is 11.4. The van der Waals surface area contributed by atoms with Crippen LogP contribution in [0.15, 0.2) is 18.2 Å². The van der Waals surface area contributed by atoms with Crippen LogP contribution in [0, 0.1) is 5.82 Å². The molecule has 0 aliphatic carbocycles. The average Bonchev–Trinajstić information content (AvgIpc) is 2.21. The van der Waals surface area contributed by atoms with Crippen molar-refractivity contribution in [2.75, 3.05) is 6.54 Å². The Morgan fingerprint density at radius 1 is 1.62 bits per heavy atom. The first-order valence-corrected chi connectivity index (χ1v) is 5.30. The van der Waals surface area contributed by atoms with Crippen molar-refractivity contribution in [1.82, 2.24) is 5.32 Å². The second kappa shape index (κ2) is 5.82. The molecule has 0 aliphatic rings. The number of hydrogen-bond acceptors (Lipinski definition) is 2. The van der Waals surface area contributed by atoms with Gasteiger partial charge in [-0.05, 0) is 25.5 Å². The van der Waals surface area contributed by atoms with Gasteiger partial charge in [0, 0.05) is 6.54 Å². The fourth-order valence-electron chi connectivity index (χ4n) is 1.17. The molecule has 5 heteroatoms. The van der Waals surface area contributed by atoms with Gasteiger partial charge in [-0.15, -0.1) is 0 Å². The van der Waals surface area contributed by atoms with E-state index in [0.29, 0.717) is 13.0 Å². The summed E-state index contributed by atoms with van der Waals surface area (Å²) in [6.07, 6.45) is -0.0713. The van der Waals surface area contributed by atoms with Gasteiger partial charge in [0.2, 0.25) is 0 Å². The van der Waals surface area contributed by atoms with Gasteiger partial charge in [-0.1, -0.05) is 17.7 Å². The number of aliphatic hydroxyl groups excluding tert-OH is 1. The fraction of sp³-hybridized carbons (Fsp3) is 0.364. The SMILES string of the molecule is CC(O)CCNC(=O)c1cccc(Cl)c1F. The zero-order chi connectivity index (χ0) is 12.1. The topological polar surface area (TPSA) is 49.3 Å². The first-order chi connectivity index (χ1) is 7.52. The van der Waals surface area contributed by atoms with Gasteiger partial charge >= 0.3 is 0 Å². The van der Waals surface area contributed by atoms with Crippen molar-refractivity contribution in [1.29, 1.82) is 0 Å². The highest BCUT2D eigenvalue weighted by Gasteiger charge is 2.13. The highest BCUT2D eigenvalue weighted by Crippen LogP contribution is 2.17. The summed E-state index contributed by atoms with van der Waals surface area (Å²) in [4.78, 5) is 11.5. The number of halogens is 2. The fourth-order valence-corrected chi connectivity index (χ4v) is 1.34. The van der Waals surface area contributed by atoms with Crippen molar-refractivity contribution in [3.05, 3.63) is 34.6 Å². The number of hydrogen-bond donors (Lipinski definition) is 2. The van der Waals surface area contributed by atoms with Crippen LogP contribution in [-0.2, 0) is 0 Å². The standard InChI is InChI=1S/C11H13ClFNO2/c1-7(15)5-6-14-11(16)8-3-2-4-9(12)10(8)13/h2-4,7,15H,5-6H2,1H3,(H,14,16). The molecule has 1 aromatic carbocycles. The zero-order valence-corrected chi connectivity index (χ0v) is 9.59. The van der Waals surface area contributed by atoms with Crippen LogP contribution in [0.25, 0.3) is 0 Å². The molecule has 88 valence electrons. The number of benzene rings is 1. The molecule has 16 heavy (non-hydrogen) atoms. The summed E-state index contributed by atoms with van der Waals surface area (Å²) in [7, 11) is 0. The van der Waals surface area contributed by atoms with E-state index in [9.17, 15) is 9.18 Å². The number of rotatable bonds is 4. The summed E-state index contributed by atoms with van der Waals surface area (Å²) in [5.74, 6) is -1.25. The maximum Gasteiger partial charge on any atom is 0.254 e. The maximum atomic E-state index is 13.4. The number of carbonyl (C=O) groups is 1. The van der Waals surface area contributed by atoms with Crippen molar-refractivity contribution < 1.29 is 14.3 Å². The Bertz CT molecular complexity index is 382. The molecule has 2 N–H and O–H groups in total. The Hall–Kier alpha value is -1.13. The minimum atomic E-state index is -0.723. The van der Waals surface area contributed by atoms with Gasteiger partial charge in [-0.3, -0.25) is 4.79 Å². The molecule has 3 nitrogen and oxygen atoms in total. The molecule has 0 aliphatic heterocycles. The van der Waals surface area contributed by atoms with E-state index in [0.717, 1.165) is 0 Å². The molecule has 0 saturated heterocycles. The maximum absolute atomic E-state index is 13.4. The Morgan fingerprint density at radius 2 is 2.31 bits per heavy atom. The Labute approximate surface area is 98.2 Å². The van der Waals surface area contributed by atoms with Crippen LogP contribution < -0.4 is 5.32 Å². The van der Waals surface area contributed by atoms with Crippen molar-refractivity contribution in [2.24, 2.45) is 0 Å². The van der Waals surface area contributed by atoms with Gasteiger partial charge < -0.3 is 10.4 Å². The average molecular weight is 246 g/mol. The van der Waals surface area contributed by atoms with Gasteiger partial charge in [0.15, 0.2) is 5.82 Å². The van der Waals surface area contributed by atoms with Crippen molar-refractivity contribution in [3.63, 3.8) is 0 Å². The second-order valence-corrected chi connectivity index (χ2v) is 3.90. The minimum Gasteiger partial charge on any atom is -0.393 e. The molecule has 0 radical (unpaired) electrons. The minimum absolute atomic E-state index is 0.0804. The third kappa shape index (κ3) is 3.47. The zero-order valence-electron chi connectivity index (χ0n) is 8.84. The lowest BCUT2D eigenvalue weighted by Gasteiger charge is -2.07. The molecule has 1 rings (SSSR count). The molecule has 0 heterocycles. The molecular weight excluding hydrogens is 233 g/mol. The van der Waals surface area contributed by atoms with E-state index in [1.807, 2.05) is 0 Å². The molecule has 0 saturated carbocycles. The summed E-state index contributed by atoms with van der Waals surface area (Å²) < 4.78 is 13.4. The summed E-state index contributed by atoms with van der Waals surface area (Å²) in [5.41, 5.74) is -0.0851. The van der Waals surface area contributed by atoms with Crippen LogP contribution in [0.2, 0.25) is 5.02 Å². The predicted molar refractivity (Wildman–Crippen MR) is 60.0 cm³/mol. The largest absolute Gasteiger partial charge is 0.393 e. The van der Waals surface area contributed by atoms with Crippen molar-refractivity contribution >= 4 is 17.5 Å².